The molecular weight excluding hydrogens is 174 g/mol. The lowest BCUT2D eigenvalue weighted by molar-refractivity contribution is 0.0107. The number of aliphatic hydroxyl groups excluding tert-OH is 1. The van der Waals surface area contributed by atoms with E-state index in [1.807, 2.05) is 13.8 Å². The summed E-state index contributed by atoms with van der Waals surface area (Å²) in [6.07, 6.45) is 6.06. The van der Waals surface area contributed by atoms with Crippen molar-refractivity contribution in [2.45, 2.75) is 58.4 Å². The third-order valence-corrected chi connectivity index (χ3v) is 3.21. The van der Waals surface area contributed by atoms with Crippen molar-refractivity contribution in [1.29, 1.82) is 0 Å². The molecule has 0 amide bonds. The van der Waals surface area contributed by atoms with Crippen LogP contribution in [0.3, 0.4) is 0 Å². The molecule has 1 N–H and O–H groups in total. The summed E-state index contributed by atoms with van der Waals surface area (Å²) >= 11 is 0. The van der Waals surface area contributed by atoms with Crippen molar-refractivity contribution in [2.24, 2.45) is 0 Å². The fourth-order valence-electron chi connectivity index (χ4n) is 2.29. The largest absolute Gasteiger partial charge is 0.394 e. The van der Waals surface area contributed by atoms with E-state index in [1.54, 1.807) is 0 Å². The van der Waals surface area contributed by atoms with Gasteiger partial charge in [-0.15, -0.1) is 0 Å². The first kappa shape index (κ1) is 13.9. The zero-order valence-electron chi connectivity index (χ0n) is 10.3. The molecule has 0 radical (unpaired) electrons. The smallest absolute Gasteiger partial charge is 0.0615 e. The number of aliphatic hydroxyl groups is 1. The SMILES string of the molecule is CC.CCCC1(CO)CCCCN1C. The third-order valence-electron chi connectivity index (χ3n) is 3.21. The van der Waals surface area contributed by atoms with E-state index in [0.29, 0.717) is 6.61 Å². The summed E-state index contributed by atoms with van der Waals surface area (Å²) in [5.74, 6) is 0. The average molecular weight is 201 g/mol. The van der Waals surface area contributed by atoms with E-state index in [9.17, 15) is 5.11 Å². The second kappa shape index (κ2) is 7.24. The Morgan fingerprint density at radius 3 is 2.36 bits per heavy atom. The molecule has 0 spiro atoms. The van der Waals surface area contributed by atoms with E-state index < -0.39 is 0 Å². The van der Waals surface area contributed by atoms with Crippen molar-refractivity contribution >= 4 is 0 Å². The summed E-state index contributed by atoms with van der Waals surface area (Å²) in [4.78, 5) is 2.35. The second-order valence-electron chi connectivity index (χ2n) is 4.01. The fourth-order valence-corrected chi connectivity index (χ4v) is 2.29. The van der Waals surface area contributed by atoms with E-state index in [0.717, 1.165) is 13.0 Å². The molecule has 1 atom stereocenters. The van der Waals surface area contributed by atoms with Crippen LogP contribution >= 0.6 is 0 Å². The Morgan fingerprint density at radius 1 is 1.29 bits per heavy atom. The van der Waals surface area contributed by atoms with Crippen LogP contribution in [0.25, 0.3) is 0 Å². The number of hydrogen-bond acceptors (Lipinski definition) is 2. The normalized spacial score (nSPS) is 28.1. The Kier molecular flexibility index (Phi) is 7.20. The van der Waals surface area contributed by atoms with Crippen LogP contribution in [0.15, 0.2) is 0 Å². The van der Waals surface area contributed by atoms with E-state index in [-0.39, 0.29) is 5.54 Å². The van der Waals surface area contributed by atoms with Crippen LogP contribution < -0.4 is 0 Å². The highest BCUT2D eigenvalue weighted by Crippen LogP contribution is 2.30. The van der Waals surface area contributed by atoms with Crippen molar-refractivity contribution < 1.29 is 5.11 Å². The van der Waals surface area contributed by atoms with Crippen LogP contribution in [0.1, 0.15) is 52.9 Å². The zero-order chi connectivity index (χ0) is 11.0. The van der Waals surface area contributed by atoms with Crippen LogP contribution in [-0.2, 0) is 0 Å². The van der Waals surface area contributed by atoms with Gasteiger partial charge in [0.2, 0.25) is 0 Å². The molecule has 1 saturated heterocycles. The summed E-state index contributed by atoms with van der Waals surface area (Å²) in [6, 6.07) is 0. The van der Waals surface area contributed by atoms with Crippen molar-refractivity contribution in [1.82, 2.24) is 4.90 Å². The van der Waals surface area contributed by atoms with Crippen molar-refractivity contribution in [3.8, 4) is 0 Å². The molecule has 2 nitrogen and oxygen atoms in total. The maximum Gasteiger partial charge on any atom is 0.0615 e. The van der Waals surface area contributed by atoms with Gasteiger partial charge in [0, 0.05) is 5.54 Å². The monoisotopic (exact) mass is 201 g/mol. The summed E-state index contributed by atoms with van der Waals surface area (Å²) in [6.45, 7) is 7.68. The topological polar surface area (TPSA) is 23.5 Å². The van der Waals surface area contributed by atoms with Gasteiger partial charge < -0.3 is 5.11 Å². The minimum atomic E-state index is 0.118. The van der Waals surface area contributed by atoms with Crippen LogP contribution in [0, 0.1) is 0 Å². The highest BCUT2D eigenvalue weighted by Gasteiger charge is 2.34. The minimum absolute atomic E-state index is 0.118. The van der Waals surface area contributed by atoms with E-state index in [2.05, 4.69) is 18.9 Å². The van der Waals surface area contributed by atoms with Gasteiger partial charge in [-0.3, -0.25) is 4.90 Å². The van der Waals surface area contributed by atoms with E-state index in [4.69, 9.17) is 0 Å². The van der Waals surface area contributed by atoms with Crippen molar-refractivity contribution in [3.05, 3.63) is 0 Å². The molecule has 0 aliphatic carbocycles. The molecule has 1 heterocycles. The lowest BCUT2D eigenvalue weighted by Gasteiger charge is -2.44. The molecule has 1 aliphatic heterocycles. The van der Waals surface area contributed by atoms with Gasteiger partial charge in [-0.05, 0) is 32.9 Å². The predicted octanol–water partition coefficient (Wildman–Crippen LogP) is 2.66. The van der Waals surface area contributed by atoms with E-state index >= 15 is 0 Å². The summed E-state index contributed by atoms with van der Waals surface area (Å²) in [5, 5.41) is 9.40. The predicted molar refractivity (Wildman–Crippen MR) is 62.6 cm³/mol. The van der Waals surface area contributed by atoms with Crippen molar-refractivity contribution in [3.63, 3.8) is 0 Å². The average Bonchev–Trinajstić information content (AvgIpc) is 2.25. The molecule has 0 saturated carbocycles. The first-order chi connectivity index (χ1) is 6.75. The lowest BCUT2D eigenvalue weighted by atomic mass is 9.84. The maximum atomic E-state index is 9.40. The van der Waals surface area contributed by atoms with Crippen molar-refractivity contribution in [2.75, 3.05) is 20.2 Å². The first-order valence-corrected chi connectivity index (χ1v) is 6.07. The molecule has 14 heavy (non-hydrogen) atoms. The second-order valence-corrected chi connectivity index (χ2v) is 4.01. The zero-order valence-corrected chi connectivity index (χ0v) is 10.3. The summed E-state index contributed by atoms with van der Waals surface area (Å²) < 4.78 is 0. The molecule has 86 valence electrons. The third kappa shape index (κ3) is 3.25. The lowest BCUT2D eigenvalue weighted by Crippen LogP contribution is -2.52. The molecular formula is C12H27NO. The summed E-state index contributed by atoms with van der Waals surface area (Å²) in [5.41, 5.74) is 0.118. The van der Waals surface area contributed by atoms with Crippen LogP contribution in [0.4, 0.5) is 0 Å². The number of likely N-dealkylation sites (tertiary alicyclic amines) is 1. The van der Waals surface area contributed by atoms with Gasteiger partial charge in [0.15, 0.2) is 0 Å². The highest BCUT2D eigenvalue weighted by atomic mass is 16.3. The first-order valence-electron chi connectivity index (χ1n) is 6.07. The molecule has 1 rings (SSSR count). The van der Waals surface area contributed by atoms with Gasteiger partial charge in [-0.2, -0.15) is 0 Å². The Labute approximate surface area is 89.3 Å². The molecule has 0 aromatic carbocycles. The van der Waals surface area contributed by atoms with Gasteiger partial charge in [-0.25, -0.2) is 0 Å². The van der Waals surface area contributed by atoms with Gasteiger partial charge in [-0.1, -0.05) is 33.6 Å². The molecule has 0 aromatic rings. The number of nitrogens with zero attached hydrogens (tertiary/aromatic N) is 1. The molecule has 0 aromatic heterocycles. The van der Waals surface area contributed by atoms with Crippen LogP contribution in [0.2, 0.25) is 0 Å². The van der Waals surface area contributed by atoms with Crippen LogP contribution in [-0.4, -0.2) is 35.7 Å². The fraction of sp³-hybridized carbons (Fsp3) is 1.00. The Hall–Kier alpha value is -0.0800. The van der Waals surface area contributed by atoms with Gasteiger partial charge in [0.25, 0.3) is 0 Å². The Bertz CT molecular complexity index is 134. The van der Waals surface area contributed by atoms with Crippen LogP contribution in [0.5, 0.6) is 0 Å². The Balaban J connectivity index is 0.000000791. The molecule has 1 unspecified atom stereocenters. The van der Waals surface area contributed by atoms with Gasteiger partial charge in [0.1, 0.15) is 0 Å². The molecule has 1 aliphatic rings. The summed E-state index contributed by atoms with van der Waals surface area (Å²) in [7, 11) is 2.14. The maximum absolute atomic E-state index is 9.40. The molecule has 0 bridgehead atoms. The molecule has 1 fully saturated rings. The van der Waals surface area contributed by atoms with Gasteiger partial charge >= 0.3 is 0 Å². The number of likely N-dealkylation sites (N-methyl/N-ethyl adjacent to an activating group) is 1. The molecule has 2 heteroatoms. The van der Waals surface area contributed by atoms with Gasteiger partial charge in [0.05, 0.1) is 6.61 Å². The number of rotatable bonds is 3. The minimum Gasteiger partial charge on any atom is -0.394 e. The van der Waals surface area contributed by atoms with E-state index in [1.165, 1.54) is 25.7 Å². The number of hydrogen-bond donors (Lipinski definition) is 1. The number of piperidine rings is 1. The quantitative estimate of drug-likeness (QED) is 0.759. The Morgan fingerprint density at radius 2 is 1.93 bits per heavy atom. The highest BCUT2D eigenvalue weighted by molar-refractivity contribution is 4.91. The standard InChI is InChI=1S/C10H21NO.C2H6/c1-3-6-10(9-12)7-4-5-8-11(10)2;1-2/h12H,3-9H2,1-2H3;1-2H3.